The Hall–Kier alpha value is -3.99. The number of aliphatic hydroxyl groups is 1. The molecule has 15 N–H and O–H groups in total. The van der Waals surface area contributed by atoms with Crippen LogP contribution in [-0.2, 0) is 28.8 Å². The van der Waals surface area contributed by atoms with Gasteiger partial charge in [-0.1, -0.05) is 0 Å². The molecule has 0 saturated carbocycles. The second-order valence-electron chi connectivity index (χ2n) is 7.10. The monoisotopic (exact) mass is 489 g/mol. The number of carbonyl (C=O) groups excluding carboxylic acids is 5. The van der Waals surface area contributed by atoms with Crippen LogP contribution in [0.15, 0.2) is 4.99 Å². The van der Waals surface area contributed by atoms with Crippen molar-refractivity contribution < 1.29 is 39.0 Å². The first-order valence-electron chi connectivity index (χ1n) is 9.90. The molecule has 0 bridgehead atoms. The lowest BCUT2D eigenvalue weighted by Crippen LogP contribution is -2.58. The maximum Gasteiger partial charge on any atom is 0.328 e. The first kappa shape index (κ1) is 30.0. The van der Waals surface area contributed by atoms with Gasteiger partial charge in [-0.25, -0.2) is 4.79 Å². The molecule has 0 heterocycles. The number of aliphatic carboxylic acids is 1. The highest BCUT2D eigenvalue weighted by Crippen LogP contribution is 2.01. The number of nitrogens with two attached hydrogens (primary N) is 5. The van der Waals surface area contributed by atoms with E-state index in [2.05, 4.69) is 15.6 Å². The summed E-state index contributed by atoms with van der Waals surface area (Å²) in [6.07, 6.45) is -0.984. The van der Waals surface area contributed by atoms with Gasteiger partial charge in [0, 0.05) is 6.54 Å². The molecule has 0 aromatic carbocycles. The van der Waals surface area contributed by atoms with Gasteiger partial charge in [0.1, 0.15) is 18.1 Å². The van der Waals surface area contributed by atoms with E-state index < -0.39 is 79.1 Å². The first-order valence-corrected chi connectivity index (χ1v) is 9.90. The number of rotatable bonds is 16. The number of aliphatic hydroxyl groups excluding tert-OH is 1. The normalized spacial score (nSPS) is 13.9. The number of primary amides is 2. The topological polar surface area (TPSA) is 321 Å². The van der Waals surface area contributed by atoms with Crippen molar-refractivity contribution in [2.24, 2.45) is 33.7 Å². The highest BCUT2D eigenvalue weighted by atomic mass is 16.4. The van der Waals surface area contributed by atoms with Gasteiger partial charge in [0.05, 0.1) is 25.5 Å². The Morgan fingerprint density at radius 2 is 1.21 bits per heavy atom. The van der Waals surface area contributed by atoms with Crippen LogP contribution in [0.25, 0.3) is 0 Å². The molecule has 0 aliphatic rings. The van der Waals surface area contributed by atoms with Gasteiger partial charge in [-0.05, 0) is 12.8 Å². The third-order valence-electron chi connectivity index (χ3n) is 4.18. The van der Waals surface area contributed by atoms with Crippen molar-refractivity contribution >= 4 is 41.5 Å². The SMILES string of the molecule is NC(=O)CC(NC(=O)C(N)CCCN=C(N)N)C(=O)NC(CC(N)=O)C(=O)NC(CO)C(=O)O. The molecule has 0 radical (unpaired) electrons. The summed E-state index contributed by atoms with van der Waals surface area (Å²) in [6, 6.07) is -6.09. The van der Waals surface area contributed by atoms with E-state index in [4.69, 9.17) is 38.9 Å². The zero-order valence-corrected chi connectivity index (χ0v) is 18.2. The average Bonchev–Trinajstić information content (AvgIpc) is 2.72. The molecule has 4 unspecified atom stereocenters. The number of nitrogens with one attached hydrogen (secondary N) is 3. The average molecular weight is 489 g/mol. The number of hydrogen-bond donors (Lipinski definition) is 10. The van der Waals surface area contributed by atoms with E-state index in [0.717, 1.165) is 0 Å². The predicted molar refractivity (Wildman–Crippen MR) is 116 cm³/mol. The highest BCUT2D eigenvalue weighted by molar-refractivity contribution is 5.97. The summed E-state index contributed by atoms with van der Waals surface area (Å²) in [5.41, 5.74) is 26.3. The second kappa shape index (κ2) is 15.0. The second-order valence-corrected chi connectivity index (χ2v) is 7.10. The molecule has 0 spiro atoms. The van der Waals surface area contributed by atoms with E-state index >= 15 is 0 Å². The standard InChI is InChI=1S/C17H31N9O8/c18-7(2-1-3-23-17(21)22)13(30)24-8(4-11(19)28)14(31)25-9(5-12(20)29)15(32)26-10(6-27)16(33)34/h7-10,27H,1-6,18H2,(H2,19,28)(H2,20,29)(H,24,30)(H,25,31)(H,26,32)(H,33,34)(H4,21,22,23). The van der Waals surface area contributed by atoms with E-state index in [9.17, 15) is 28.8 Å². The molecule has 0 aromatic rings. The Labute approximate surface area is 193 Å². The molecule has 17 heteroatoms. The Morgan fingerprint density at radius 1 is 0.765 bits per heavy atom. The Morgan fingerprint density at radius 3 is 1.59 bits per heavy atom. The van der Waals surface area contributed by atoms with Gasteiger partial charge in [0.15, 0.2) is 5.96 Å². The van der Waals surface area contributed by atoms with Crippen molar-refractivity contribution in [1.29, 1.82) is 0 Å². The molecule has 0 rings (SSSR count). The summed E-state index contributed by atoms with van der Waals surface area (Å²) < 4.78 is 0. The molecule has 192 valence electrons. The Bertz CT molecular complexity index is 800. The maximum absolute atomic E-state index is 12.6. The van der Waals surface area contributed by atoms with E-state index in [1.165, 1.54) is 0 Å². The molecule has 34 heavy (non-hydrogen) atoms. The van der Waals surface area contributed by atoms with Gasteiger partial charge in [-0.15, -0.1) is 0 Å². The van der Waals surface area contributed by atoms with Gasteiger partial charge in [-0.3, -0.25) is 29.0 Å². The van der Waals surface area contributed by atoms with Crippen LogP contribution in [0.2, 0.25) is 0 Å². The smallest absolute Gasteiger partial charge is 0.328 e. The van der Waals surface area contributed by atoms with Gasteiger partial charge >= 0.3 is 5.97 Å². The van der Waals surface area contributed by atoms with Crippen LogP contribution in [-0.4, -0.2) is 89.0 Å². The lowest BCUT2D eigenvalue weighted by Gasteiger charge is -2.24. The molecule has 4 atom stereocenters. The summed E-state index contributed by atoms with van der Waals surface area (Å²) in [4.78, 5) is 74.7. The van der Waals surface area contributed by atoms with Crippen molar-refractivity contribution in [2.45, 2.75) is 49.9 Å². The highest BCUT2D eigenvalue weighted by Gasteiger charge is 2.31. The summed E-state index contributed by atoms with van der Waals surface area (Å²) in [5.74, 6) is -6.81. The number of guanidine groups is 1. The van der Waals surface area contributed by atoms with Crippen molar-refractivity contribution in [3.63, 3.8) is 0 Å². The van der Waals surface area contributed by atoms with Crippen molar-refractivity contribution in [3.05, 3.63) is 0 Å². The third-order valence-corrected chi connectivity index (χ3v) is 4.18. The van der Waals surface area contributed by atoms with Crippen LogP contribution >= 0.6 is 0 Å². The summed E-state index contributed by atoms with van der Waals surface area (Å²) >= 11 is 0. The number of amides is 5. The summed E-state index contributed by atoms with van der Waals surface area (Å²) in [7, 11) is 0. The Balaban J connectivity index is 5.35. The van der Waals surface area contributed by atoms with Crippen LogP contribution < -0.4 is 44.6 Å². The number of carboxylic acids is 1. The van der Waals surface area contributed by atoms with Crippen LogP contribution in [0.5, 0.6) is 0 Å². The largest absolute Gasteiger partial charge is 0.480 e. The Kier molecular flexibility index (Phi) is 13.2. The van der Waals surface area contributed by atoms with Crippen molar-refractivity contribution in [1.82, 2.24) is 16.0 Å². The minimum absolute atomic E-state index is 0.123. The van der Waals surface area contributed by atoms with E-state index in [1.54, 1.807) is 0 Å². The number of carbonyl (C=O) groups is 6. The van der Waals surface area contributed by atoms with Crippen LogP contribution in [0.4, 0.5) is 0 Å². The van der Waals surface area contributed by atoms with Crippen molar-refractivity contribution in [2.75, 3.05) is 13.2 Å². The van der Waals surface area contributed by atoms with Gasteiger partial charge in [-0.2, -0.15) is 0 Å². The number of aliphatic imine (C=N–C) groups is 1. The summed E-state index contributed by atoms with van der Waals surface area (Å²) in [6.45, 7) is -0.774. The fourth-order valence-corrected chi connectivity index (χ4v) is 2.48. The van der Waals surface area contributed by atoms with Crippen molar-refractivity contribution in [3.8, 4) is 0 Å². The lowest BCUT2D eigenvalue weighted by atomic mass is 10.1. The minimum atomic E-state index is -1.72. The number of nitrogens with zero attached hydrogens (tertiary/aromatic N) is 1. The number of hydrogen-bond acceptors (Lipinski definition) is 9. The first-order chi connectivity index (χ1) is 15.8. The fourth-order valence-electron chi connectivity index (χ4n) is 2.48. The molecule has 0 aliphatic heterocycles. The van der Waals surface area contributed by atoms with E-state index in [0.29, 0.717) is 6.42 Å². The maximum atomic E-state index is 12.6. The van der Waals surface area contributed by atoms with E-state index in [-0.39, 0.29) is 18.9 Å². The molecular weight excluding hydrogens is 458 g/mol. The number of carboxylic acid groups (broad SMARTS) is 1. The molecule has 0 saturated heterocycles. The van der Waals surface area contributed by atoms with E-state index in [1.807, 2.05) is 5.32 Å². The van der Waals surface area contributed by atoms with Crippen LogP contribution in [0.3, 0.4) is 0 Å². The van der Waals surface area contributed by atoms with Crippen LogP contribution in [0, 0.1) is 0 Å². The third kappa shape index (κ3) is 12.2. The fraction of sp³-hybridized carbons (Fsp3) is 0.588. The molecule has 0 aliphatic carbocycles. The molecule has 0 fully saturated rings. The zero-order chi connectivity index (χ0) is 26.4. The molecule has 17 nitrogen and oxygen atoms in total. The molecular formula is C17H31N9O8. The minimum Gasteiger partial charge on any atom is -0.480 e. The van der Waals surface area contributed by atoms with Gasteiger partial charge in [0.2, 0.25) is 29.5 Å². The predicted octanol–water partition coefficient (Wildman–Crippen LogP) is -6.35. The molecule has 0 aromatic heterocycles. The summed E-state index contributed by atoms with van der Waals surface area (Å²) in [5, 5.41) is 24.2. The van der Waals surface area contributed by atoms with Gasteiger partial charge in [0.25, 0.3) is 0 Å². The molecule has 5 amide bonds. The zero-order valence-electron chi connectivity index (χ0n) is 18.2. The lowest BCUT2D eigenvalue weighted by molar-refractivity contribution is -0.143. The quantitative estimate of drug-likeness (QED) is 0.0551. The van der Waals surface area contributed by atoms with Crippen LogP contribution in [0.1, 0.15) is 25.7 Å². The van der Waals surface area contributed by atoms with Gasteiger partial charge < -0.3 is 54.8 Å².